The zero-order valence-electron chi connectivity index (χ0n) is 11.4. The van der Waals surface area contributed by atoms with E-state index in [0.29, 0.717) is 19.0 Å². The lowest BCUT2D eigenvalue weighted by Gasteiger charge is -2.18. The second kappa shape index (κ2) is 7.13. The number of ether oxygens (including phenoxy) is 2. The smallest absolute Gasteiger partial charge is 0.135 e. The van der Waals surface area contributed by atoms with Gasteiger partial charge in [-0.3, -0.25) is 0 Å². The van der Waals surface area contributed by atoms with Gasteiger partial charge >= 0.3 is 0 Å². The van der Waals surface area contributed by atoms with Gasteiger partial charge in [0.15, 0.2) is 0 Å². The predicted molar refractivity (Wildman–Crippen MR) is 71.7 cm³/mol. The highest BCUT2D eigenvalue weighted by Crippen LogP contribution is 2.26. The van der Waals surface area contributed by atoms with E-state index in [1.165, 1.54) is 6.33 Å². The molecule has 0 fully saturated rings. The van der Waals surface area contributed by atoms with Crippen molar-refractivity contribution in [1.82, 2.24) is 9.97 Å². The van der Waals surface area contributed by atoms with Gasteiger partial charge in [0.05, 0.1) is 12.7 Å². The van der Waals surface area contributed by atoms with Gasteiger partial charge in [-0.25, -0.2) is 9.97 Å². The summed E-state index contributed by atoms with van der Waals surface area (Å²) in [6, 6.07) is 0. The quantitative estimate of drug-likeness (QED) is 0.762. The van der Waals surface area contributed by atoms with Crippen LogP contribution < -0.4 is 11.1 Å². The number of aromatic nitrogens is 2. The molecule has 0 saturated carbocycles. The number of rotatable bonds is 7. The molecule has 0 aromatic carbocycles. The van der Waals surface area contributed by atoms with Crippen LogP contribution in [0.3, 0.4) is 0 Å². The summed E-state index contributed by atoms with van der Waals surface area (Å²) < 4.78 is 10.3. The lowest BCUT2D eigenvalue weighted by molar-refractivity contribution is 0.0365. The van der Waals surface area contributed by atoms with Gasteiger partial charge in [-0.2, -0.15) is 0 Å². The molecule has 0 saturated heterocycles. The lowest BCUT2D eigenvalue weighted by atomic mass is 10.0. The van der Waals surface area contributed by atoms with Crippen LogP contribution in [0, 0.1) is 0 Å². The third-order valence-corrected chi connectivity index (χ3v) is 2.68. The Kier molecular flexibility index (Phi) is 5.80. The molecule has 1 unspecified atom stereocenters. The molecule has 0 amide bonds. The predicted octanol–water partition coefficient (Wildman–Crippen LogP) is 1.26. The Labute approximate surface area is 108 Å². The zero-order chi connectivity index (χ0) is 13.5. The van der Waals surface area contributed by atoms with E-state index in [9.17, 15) is 0 Å². The lowest BCUT2D eigenvalue weighted by Crippen LogP contribution is -2.27. The van der Waals surface area contributed by atoms with Crippen molar-refractivity contribution in [2.45, 2.75) is 25.9 Å². The minimum Gasteiger partial charge on any atom is -0.383 e. The minimum atomic E-state index is -0.0220. The number of methoxy groups -OCH3 is 2. The first-order valence-corrected chi connectivity index (χ1v) is 5.96. The minimum absolute atomic E-state index is 0.0220. The highest BCUT2D eigenvalue weighted by Gasteiger charge is 2.14. The average molecular weight is 254 g/mol. The Balaban J connectivity index is 2.75. The maximum absolute atomic E-state index is 5.87. The first-order chi connectivity index (χ1) is 8.60. The van der Waals surface area contributed by atoms with Crippen molar-refractivity contribution >= 4 is 11.6 Å². The van der Waals surface area contributed by atoms with E-state index < -0.39 is 0 Å². The van der Waals surface area contributed by atoms with Crippen molar-refractivity contribution in [2.75, 3.05) is 38.4 Å². The number of nitrogens with one attached hydrogen (secondary N) is 1. The number of nitrogen functional groups attached to an aromatic ring is 1. The van der Waals surface area contributed by atoms with E-state index >= 15 is 0 Å². The average Bonchev–Trinajstić information content (AvgIpc) is 2.33. The van der Waals surface area contributed by atoms with Crippen molar-refractivity contribution in [1.29, 1.82) is 0 Å². The highest BCUT2D eigenvalue weighted by atomic mass is 16.5. The standard InChI is InChI=1S/C12H22N4O2/c1-8(2)10-11(13)15-7-16-12(10)14-5-9(18-4)6-17-3/h7-9H,5-6H2,1-4H3,(H3,13,14,15,16). The van der Waals surface area contributed by atoms with Gasteiger partial charge < -0.3 is 20.5 Å². The van der Waals surface area contributed by atoms with Crippen molar-refractivity contribution in [3.05, 3.63) is 11.9 Å². The Morgan fingerprint density at radius 1 is 1.33 bits per heavy atom. The van der Waals surface area contributed by atoms with Gasteiger partial charge in [-0.05, 0) is 5.92 Å². The molecule has 0 radical (unpaired) electrons. The van der Waals surface area contributed by atoms with Gasteiger partial charge in [0.25, 0.3) is 0 Å². The van der Waals surface area contributed by atoms with Crippen LogP contribution in [0.1, 0.15) is 25.3 Å². The molecule has 102 valence electrons. The maximum atomic E-state index is 5.87. The number of nitrogens with zero attached hydrogens (tertiary/aromatic N) is 2. The highest BCUT2D eigenvalue weighted by molar-refractivity contribution is 5.56. The van der Waals surface area contributed by atoms with Gasteiger partial charge in [0.1, 0.15) is 18.0 Å². The Morgan fingerprint density at radius 2 is 2.06 bits per heavy atom. The SMILES string of the molecule is COCC(CNc1ncnc(N)c1C(C)C)OC. The van der Waals surface area contributed by atoms with E-state index in [2.05, 4.69) is 29.1 Å². The van der Waals surface area contributed by atoms with Crippen LogP contribution in [0.4, 0.5) is 11.6 Å². The summed E-state index contributed by atoms with van der Waals surface area (Å²) in [6.45, 7) is 5.26. The largest absolute Gasteiger partial charge is 0.383 e. The normalized spacial score (nSPS) is 12.7. The summed E-state index contributed by atoms with van der Waals surface area (Å²) in [6.07, 6.45) is 1.44. The summed E-state index contributed by atoms with van der Waals surface area (Å²) in [4.78, 5) is 8.24. The molecular formula is C12H22N4O2. The second-order valence-electron chi connectivity index (χ2n) is 4.37. The molecule has 1 atom stereocenters. The first kappa shape index (κ1) is 14.7. The fourth-order valence-electron chi connectivity index (χ4n) is 1.73. The fourth-order valence-corrected chi connectivity index (χ4v) is 1.73. The van der Waals surface area contributed by atoms with Crippen molar-refractivity contribution in [2.24, 2.45) is 0 Å². The summed E-state index contributed by atoms with van der Waals surface area (Å²) in [5.41, 5.74) is 6.81. The number of hydrogen-bond acceptors (Lipinski definition) is 6. The fraction of sp³-hybridized carbons (Fsp3) is 0.667. The van der Waals surface area contributed by atoms with Crippen LogP contribution in [0.2, 0.25) is 0 Å². The topological polar surface area (TPSA) is 82.3 Å². The van der Waals surface area contributed by atoms with Crippen LogP contribution >= 0.6 is 0 Å². The summed E-state index contributed by atoms with van der Waals surface area (Å²) in [5.74, 6) is 1.54. The van der Waals surface area contributed by atoms with Crippen LogP contribution in [-0.4, -0.2) is 43.4 Å². The molecule has 1 aromatic heterocycles. The van der Waals surface area contributed by atoms with E-state index in [-0.39, 0.29) is 12.0 Å². The number of nitrogens with two attached hydrogens (primary N) is 1. The molecule has 0 aliphatic heterocycles. The molecule has 6 nitrogen and oxygen atoms in total. The Bertz CT molecular complexity index is 371. The second-order valence-corrected chi connectivity index (χ2v) is 4.37. The Hall–Kier alpha value is -1.40. The van der Waals surface area contributed by atoms with E-state index in [1.54, 1.807) is 14.2 Å². The molecule has 1 rings (SSSR count). The van der Waals surface area contributed by atoms with Crippen molar-refractivity contribution in [3.8, 4) is 0 Å². The third-order valence-electron chi connectivity index (χ3n) is 2.68. The van der Waals surface area contributed by atoms with Crippen molar-refractivity contribution in [3.63, 3.8) is 0 Å². The molecular weight excluding hydrogens is 232 g/mol. The van der Waals surface area contributed by atoms with E-state index in [4.69, 9.17) is 15.2 Å². The van der Waals surface area contributed by atoms with Crippen LogP contribution in [0.15, 0.2) is 6.33 Å². The van der Waals surface area contributed by atoms with E-state index in [0.717, 1.165) is 11.4 Å². The molecule has 0 bridgehead atoms. The zero-order valence-corrected chi connectivity index (χ0v) is 11.4. The van der Waals surface area contributed by atoms with Crippen LogP contribution in [0.5, 0.6) is 0 Å². The number of anilines is 2. The van der Waals surface area contributed by atoms with E-state index in [1.807, 2.05) is 0 Å². The third kappa shape index (κ3) is 3.82. The van der Waals surface area contributed by atoms with Gasteiger partial charge in [-0.1, -0.05) is 13.8 Å². The molecule has 1 heterocycles. The summed E-state index contributed by atoms with van der Waals surface area (Å²) >= 11 is 0. The molecule has 3 N–H and O–H groups in total. The van der Waals surface area contributed by atoms with Gasteiger partial charge in [0, 0.05) is 26.3 Å². The molecule has 0 aliphatic carbocycles. The molecule has 0 spiro atoms. The molecule has 0 aliphatic rings. The summed E-state index contributed by atoms with van der Waals surface area (Å²) in [7, 11) is 3.30. The number of hydrogen-bond donors (Lipinski definition) is 2. The van der Waals surface area contributed by atoms with Crippen molar-refractivity contribution < 1.29 is 9.47 Å². The Morgan fingerprint density at radius 3 is 2.61 bits per heavy atom. The van der Waals surface area contributed by atoms with Crippen LogP contribution in [-0.2, 0) is 9.47 Å². The monoisotopic (exact) mass is 254 g/mol. The maximum Gasteiger partial charge on any atom is 0.135 e. The molecule has 18 heavy (non-hydrogen) atoms. The van der Waals surface area contributed by atoms with Gasteiger partial charge in [-0.15, -0.1) is 0 Å². The molecule has 1 aromatic rings. The summed E-state index contributed by atoms with van der Waals surface area (Å²) in [5, 5.41) is 3.24. The van der Waals surface area contributed by atoms with Crippen LogP contribution in [0.25, 0.3) is 0 Å². The molecule has 6 heteroatoms. The first-order valence-electron chi connectivity index (χ1n) is 5.96. The van der Waals surface area contributed by atoms with Gasteiger partial charge in [0.2, 0.25) is 0 Å².